The normalized spacial score (nSPS) is 6.33. The summed E-state index contributed by atoms with van der Waals surface area (Å²) in [5.41, 5.74) is 0. The highest BCUT2D eigenvalue weighted by atomic mass is 127. The van der Waals surface area contributed by atoms with Gasteiger partial charge >= 0.3 is 0 Å². The van der Waals surface area contributed by atoms with Crippen molar-refractivity contribution in [2.45, 2.75) is 6.42 Å². The van der Waals surface area contributed by atoms with Crippen LogP contribution in [0.4, 0.5) is 0 Å². The Morgan fingerprint density at radius 2 is 2.33 bits per heavy atom. The fraction of sp³-hybridized carbons (Fsp3) is 0.500. The first kappa shape index (κ1) is 6.64. The molecule has 0 unspecified atom stereocenters. The molecule has 0 aromatic heterocycles. The summed E-state index contributed by atoms with van der Waals surface area (Å²) in [5.74, 6) is 3.73. The molecule has 0 rings (SSSR count). The molecule has 6 heavy (non-hydrogen) atoms. The second kappa shape index (κ2) is 5.64. The second-order valence-electron chi connectivity index (χ2n) is 0.745. The third-order valence-corrected chi connectivity index (χ3v) is 0.909. The predicted molar refractivity (Wildman–Crippen MR) is 40.3 cm³/mol. The molecule has 0 N–H and O–H groups in total. The lowest BCUT2D eigenvalue weighted by atomic mass is 10.5. The van der Waals surface area contributed by atoms with Gasteiger partial charge in [0.2, 0.25) is 0 Å². The zero-order valence-electron chi connectivity index (χ0n) is 3.24. The summed E-state index contributed by atoms with van der Waals surface area (Å²) in [7, 11) is 0. The lowest BCUT2D eigenvalue weighted by molar-refractivity contribution is 1.31. The summed E-state index contributed by atoms with van der Waals surface area (Å²) in [5, 5.41) is 0. The minimum atomic E-state index is 0.871. The number of halogens is 1. The van der Waals surface area contributed by atoms with Gasteiger partial charge in [0.15, 0.2) is 0 Å². The summed E-state index contributed by atoms with van der Waals surface area (Å²) in [6.07, 6.45) is 0.909. The van der Waals surface area contributed by atoms with Gasteiger partial charge in [0.05, 0.1) is 0 Å². The molecule has 0 aromatic carbocycles. The highest BCUT2D eigenvalue weighted by Crippen LogP contribution is 1.80. The van der Waals surface area contributed by atoms with Crippen LogP contribution < -0.4 is 0 Å². The summed E-state index contributed by atoms with van der Waals surface area (Å²) >= 11 is 5.96. The molecule has 0 fully saturated rings. The van der Waals surface area contributed by atoms with E-state index in [1.807, 2.05) is 22.6 Å². The van der Waals surface area contributed by atoms with Gasteiger partial charge in [-0.25, -0.2) is 0 Å². The van der Waals surface area contributed by atoms with Crippen molar-refractivity contribution in [3.8, 4) is 9.85 Å². The van der Waals surface area contributed by atoms with E-state index in [1.165, 1.54) is 0 Å². The van der Waals surface area contributed by atoms with E-state index in [0.29, 0.717) is 0 Å². The maximum Gasteiger partial charge on any atom is 0.0185 e. The minimum absolute atomic E-state index is 0.871. The number of rotatable bonds is 1. The van der Waals surface area contributed by atoms with Gasteiger partial charge in [-0.05, 0) is 3.93 Å². The average Bonchev–Trinajstić information content (AvgIpc) is 1.61. The van der Waals surface area contributed by atoms with Gasteiger partial charge in [0.1, 0.15) is 0 Å². The van der Waals surface area contributed by atoms with Crippen molar-refractivity contribution in [2.75, 3.05) is 5.75 Å². The molecular weight excluding hydrogens is 207 g/mol. The number of hydrogen-bond donors (Lipinski definition) is 1. The smallest absolute Gasteiger partial charge is 0.0185 e. The van der Waals surface area contributed by atoms with Crippen molar-refractivity contribution in [1.82, 2.24) is 0 Å². The van der Waals surface area contributed by atoms with Crippen LogP contribution in [0, 0.1) is 9.85 Å². The van der Waals surface area contributed by atoms with Gasteiger partial charge in [-0.3, -0.25) is 0 Å². The van der Waals surface area contributed by atoms with Crippen LogP contribution in [0.2, 0.25) is 0 Å². The second-order valence-corrected chi connectivity index (χ2v) is 1.73. The van der Waals surface area contributed by atoms with Gasteiger partial charge in [0.25, 0.3) is 0 Å². The van der Waals surface area contributed by atoms with E-state index in [9.17, 15) is 0 Å². The van der Waals surface area contributed by atoms with E-state index in [2.05, 4.69) is 22.5 Å². The quantitative estimate of drug-likeness (QED) is 0.381. The fourth-order valence-corrected chi connectivity index (χ4v) is 0.485. The maximum absolute atomic E-state index is 3.95. The molecule has 34 valence electrons. The lowest BCUT2D eigenvalue weighted by Gasteiger charge is -1.70. The van der Waals surface area contributed by atoms with Crippen LogP contribution in [0.15, 0.2) is 0 Å². The van der Waals surface area contributed by atoms with Gasteiger partial charge in [-0.15, -0.1) is 0 Å². The molecular formula is C4H5IS. The van der Waals surface area contributed by atoms with Crippen molar-refractivity contribution < 1.29 is 0 Å². The van der Waals surface area contributed by atoms with Crippen molar-refractivity contribution >= 4 is 35.2 Å². The highest BCUT2D eigenvalue weighted by molar-refractivity contribution is 14.1. The summed E-state index contributed by atoms with van der Waals surface area (Å²) in [6, 6.07) is 0. The molecule has 0 saturated heterocycles. The third kappa shape index (κ3) is 4.64. The first-order valence-electron chi connectivity index (χ1n) is 1.61. The van der Waals surface area contributed by atoms with E-state index in [-0.39, 0.29) is 0 Å². The van der Waals surface area contributed by atoms with Crippen LogP contribution in [0.3, 0.4) is 0 Å². The zero-order valence-corrected chi connectivity index (χ0v) is 6.29. The molecule has 0 aromatic rings. The SMILES string of the molecule is SCCC#CI. The molecule has 0 bridgehead atoms. The Morgan fingerprint density at radius 3 is 2.50 bits per heavy atom. The Bertz CT molecular complexity index is 69.4. The molecule has 0 nitrogen and oxygen atoms in total. The molecule has 0 saturated carbocycles. The first-order valence-corrected chi connectivity index (χ1v) is 3.32. The molecule has 2 heteroatoms. The Balaban J connectivity index is 2.79. The van der Waals surface area contributed by atoms with Crippen LogP contribution in [0.25, 0.3) is 0 Å². The van der Waals surface area contributed by atoms with Crippen LogP contribution >= 0.6 is 35.2 Å². The average molecular weight is 212 g/mol. The molecule has 0 spiro atoms. The van der Waals surface area contributed by atoms with E-state index in [4.69, 9.17) is 0 Å². The van der Waals surface area contributed by atoms with Crippen LogP contribution in [-0.4, -0.2) is 5.75 Å². The van der Waals surface area contributed by atoms with Crippen LogP contribution in [0.5, 0.6) is 0 Å². The zero-order chi connectivity index (χ0) is 4.83. The molecule has 0 aliphatic heterocycles. The van der Waals surface area contributed by atoms with Crippen molar-refractivity contribution in [2.24, 2.45) is 0 Å². The topological polar surface area (TPSA) is 0 Å². The molecule has 0 aliphatic rings. The van der Waals surface area contributed by atoms with Gasteiger partial charge in [-0.1, -0.05) is 5.92 Å². The van der Waals surface area contributed by atoms with E-state index < -0.39 is 0 Å². The van der Waals surface area contributed by atoms with Crippen molar-refractivity contribution in [3.05, 3.63) is 0 Å². The Morgan fingerprint density at radius 1 is 1.67 bits per heavy atom. The van der Waals surface area contributed by atoms with E-state index >= 15 is 0 Å². The largest absolute Gasteiger partial charge is 0.178 e. The monoisotopic (exact) mass is 212 g/mol. The van der Waals surface area contributed by atoms with Crippen LogP contribution in [0.1, 0.15) is 6.42 Å². The standard InChI is InChI=1S/C4H5IS/c5-3-1-2-4-6/h6H,2,4H2. The fourth-order valence-electron chi connectivity index (χ4n) is 0.103. The first-order chi connectivity index (χ1) is 2.91. The van der Waals surface area contributed by atoms with Gasteiger partial charge < -0.3 is 0 Å². The van der Waals surface area contributed by atoms with Gasteiger partial charge in [0, 0.05) is 34.8 Å². The molecule has 0 aliphatic carbocycles. The molecule has 0 radical (unpaired) electrons. The minimum Gasteiger partial charge on any atom is -0.178 e. The Kier molecular flexibility index (Phi) is 6.24. The highest BCUT2D eigenvalue weighted by Gasteiger charge is 1.64. The number of hydrogen-bond acceptors (Lipinski definition) is 1. The van der Waals surface area contributed by atoms with E-state index in [0.717, 1.165) is 12.2 Å². The summed E-state index contributed by atoms with van der Waals surface area (Å²) in [6.45, 7) is 0. The Hall–Kier alpha value is 0.640. The predicted octanol–water partition coefficient (Wildman–Crippen LogP) is 1.70. The maximum atomic E-state index is 3.95. The summed E-state index contributed by atoms with van der Waals surface area (Å²) < 4.78 is 2.74. The molecule has 0 atom stereocenters. The third-order valence-electron chi connectivity index (χ3n) is 0.304. The molecule has 0 heterocycles. The van der Waals surface area contributed by atoms with Crippen molar-refractivity contribution in [1.29, 1.82) is 0 Å². The number of thiol groups is 1. The Labute approximate surface area is 57.3 Å². The van der Waals surface area contributed by atoms with Crippen LogP contribution in [-0.2, 0) is 0 Å². The van der Waals surface area contributed by atoms with Gasteiger partial charge in [-0.2, -0.15) is 12.6 Å². The molecule has 0 amide bonds. The van der Waals surface area contributed by atoms with Crippen molar-refractivity contribution in [3.63, 3.8) is 0 Å². The lowest BCUT2D eigenvalue weighted by Crippen LogP contribution is -1.62. The van der Waals surface area contributed by atoms with E-state index in [1.54, 1.807) is 0 Å². The summed E-state index contributed by atoms with van der Waals surface area (Å²) in [4.78, 5) is 0.